The molecular formula is C21H20N4O2S. The minimum Gasteiger partial charge on any atom is -0.324 e. The fraction of sp³-hybridized carbons (Fsp3) is 0.286. The van der Waals surface area contributed by atoms with E-state index < -0.39 is 10.9 Å². The van der Waals surface area contributed by atoms with Crippen molar-refractivity contribution < 1.29 is 9.59 Å². The molecule has 3 aromatic rings. The molecule has 2 aromatic carbocycles. The van der Waals surface area contributed by atoms with Gasteiger partial charge in [-0.15, -0.1) is 11.8 Å². The summed E-state index contributed by atoms with van der Waals surface area (Å²) in [5, 5.41) is 11.0. The number of anilines is 1. The van der Waals surface area contributed by atoms with E-state index in [1.807, 2.05) is 42.2 Å². The summed E-state index contributed by atoms with van der Waals surface area (Å²) < 4.78 is 0. The third kappa shape index (κ3) is 2.53. The van der Waals surface area contributed by atoms with E-state index >= 15 is 0 Å². The first-order chi connectivity index (χ1) is 13.6. The Labute approximate surface area is 166 Å². The zero-order chi connectivity index (χ0) is 19.3. The van der Waals surface area contributed by atoms with Gasteiger partial charge in [0.2, 0.25) is 11.8 Å². The van der Waals surface area contributed by atoms with Crippen LogP contribution in [0, 0.1) is 6.92 Å². The number of hydrogen-bond acceptors (Lipinski definition) is 4. The molecular weight excluding hydrogens is 372 g/mol. The van der Waals surface area contributed by atoms with Gasteiger partial charge in [-0.05, 0) is 36.6 Å². The maximum Gasteiger partial charge on any atom is 0.248 e. The van der Waals surface area contributed by atoms with Gasteiger partial charge in [-0.25, -0.2) is 0 Å². The molecule has 0 saturated carbocycles. The summed E-state index contributed by atoms with van der Waals surface area (Å²) in [6.45, 7) is 1.95. The second kappa shape index (κ2) is 6.38. The molecule has 7 heteroatoms. The zero-order valence-electron chi connectivity index (χ0n) is 15.4. The average molecular weight is 392 g/mol. The number of carbonyl (C=O) groups is 2. The lowest BCUT2D eigenvalue weighted by atomic mass is 10.0. The normalized spacial score (nSPS) is 24.0. The van der Waals surface area contributed by atoms with E-state index in [2.05, 4.69) is 27.6 Å². The molecule has 5 rings (SSSR count). The molecule has 0 bridgehead atoms. The van der Waals surface area contributed by atoms with Gasteiger partial charge in [0.05, 0.1) is 11.7 Å². The van der Waals surface area contributed by atoms with Crippen LogP contribution in [0.4, 0.5) is 5.69 Å². The molecule has 6 nitrogen and oxygen atoms in total. The maximum atomic E-state index is 13.2. The van der Waals surface area contributed by atoms with E-state index in [-0.39, 0.29) is 11.8 Å². The van der Waals surface area contributed by atoms with Gasteiger partial charge in [0.15, 0.2) is 0 Å². The molecule has 2 atom stereocenters. The fourth-order valence-electron chi connectivity index (χ4n) is 4.29. The fourth-order valence-corrected chi connectivity index (χ4v) is 5.94. The van der Waals surface area contributed by atoms with Crippen LogP contribution in [0.5, 0.6) is 0 Å². The standard InChI is InChI=1S/C21H20N4O2S/c1-13-9-17-14(11-22-24-17)10-16(13)23-20(27)18-12-28-21(8-7-19(26)25(18)21)15-5-3-2-4-6-15/h2-6,9-11,18H,7-8,12H2,1H3,(H,22,24)(H,23,27)/t18-,21-/m0/s1. The number of aryl methyl sites for hydroxylation is 1. The van der Waals surface area contributed by atoms with Crippen molar-refractivity contribution in [3.05, 3.63) is 59.8 Å². The first-order valence-corrected chi connectivity index (χ1v) is 10.3. The Morgan fingerprint density at radius 1 is 1.32 bits per heavy atom. The van der Waals surface area contributed by atoms with Crippen molar-refractivity contribution in [2.75, 3.05) is 11.1 Å². The van der Waals surface area contributed by atoms with Crippen LogP contribution in [-0.2, 0) is 14.5 Å². The molecule has 142 valence electrons. The first kappa shape index (κ1) is 17.3. The van der Waals surface area contributed by atoms with Crippen LogP contribution in [0.2, 0.25) is 0 Å². The molecule has 2 fully saturated rings. The number of nitrogens with one attached hydrogen (secondary N) is 2. The topological polar surface area (TPSA) is 78.1 Å². The number of aromatic amines is 1. The summed E-state index contributed by atoms with van der Waals surface area (Å²) >= 11 is 1.70. The lowest BCUT2D eigenvalue weighted by molar-refractivity contribution is -0.136. The second-order valence-electron chi connectivity index (χ2n) is 7.35. The Kier molecular flexibility index (Phi) is 3.94. The van der Waals surface area contributed by atoms with Gasteiger partial charge in [-0.3, -0.25) is 14.7 Å². The summed E-state index contributed by atoms with van der Waals surface area (Å²) in [7, 11) is 0. The van der Waals surface area contributed by atoms with Crippen molar-refractivity contribution in [2.45, 2.75) is 30.7 Å². The Hall–Kier alpha value is -2.80. The van der Waals surface area contributed by atoms with Crippen LogP contribution in [0.25, 0.3) is 10.9 Å². The summed E-state index contributed by atoms with van der Waals surface area (Å²) in [5.41, 5.74) is 3.74. The molecule has 2 aliphatic rings. The molecule has 2 aliphatic heterocycles. The lowest BCUT2D eigenvalue weighted by Gasteiger charge is -2.34. The van der Waals surface area contributed by atoms with Crippen LogP contribution in [0.15, 0.2) is 48.7 Å². The van der Waals surface area contributed by atoms with Crippen molar-refractivity contribution in [1.82, 2.24) is 15.1 Å². The second-order valence-corrected chi connectivity index (χ2v) is 8.65. The Bertz CT molecular complexity index is 1080. The van der Waals surface area contributed by atoms with Crippen LogP contribution in [-0.4, -0.2) is 38.7 Å². The van der Waals surface area contributed by atoms with Crippen LogP contribution >= 0.6 is 11.8 Å². The molecule has 0 radical (unpaired) electrons. The molecule has 3 heterocycles. The number of benzene rings is 2. The number of thioether (sulfide) groups is 1. The van der Waals surface area contributed by atoms with Gasteiger partial charge in [-0.2, -0.15) is 5.10 Å². The molecule has 2 amide bonds. The molecule has 0 spiro atoms. The highest BCUT2D eigenvalue weighted by Gasteiger charge is 2.56. The van der Waals surface area contributed by atoms with Crippen molar-refractivity contribution in [3.8, 4) is 0 Å². The lowest BCUT2D eigenvalue weighted by Crippen LogP contribution is -2.48. The number of H-pyrrole nitrogens is 1. The zero-order valence-corrected chi connectivity index (χ0v) is 16.3. The average Bonchev–Trinajstić information content (AvgIpc) is 3.39. The number of amides is 2. The smallest absolute Gasteiger partial charge is 0.248 e. The van der Waals surface area contributed by atoms with E-state index in [4.69, 9.17) is 0 Å². The minimum atomic E-state index is -0.473. The van der Waals surface area contributed by atoms with Crippen molar-refractivity contribution in [2.24, 2.45) is 0 Å². The van der Waals surface area contributed by atoms with Crippen molar-refractivity contribution in [3.63, 3.8) is 0 Å². The predicted octanol–water partition coefficient (Wildman–Crippen LogP) is 3.40. The van der Waals surface area contributed by atoms with Gasteiger partial charge < -0.3 is 10.2 Å². The van der Waals surface area contributed by atoms with Gasteiger partial charge in [0.1, 0.15) is 10.9 Å². The van der Waals surface area contributed by atoms with Gasteiger partial charge in [0, 0.05) is 23.2 Å². The SMILES string of the molecule is Cc1cc2[nH]ncc2cc1NC(=O)[C@@H]1CS[C@]2(c3ccccc3)CCC(=O)N12. The highest BCUT2D eigenvalue weighted by Crippen LogP contribution is 2.54. The van der Waals surface area contributed by atoms with E-state index in [0.717, 1.165) is 34.1 Å². The number of carbonyl (C=O) groups excluding carboxylic acids is 2. The summed E-state index contributed by atoms with van der Waals surface area (Å²) in [6, 6.07) is 13.5. The summed E-state index contributed by atoms with van der Waals surface area (Å²) in [6.07, 6.45) is 2.95. The monoisotopic (exact) mass is 392 g/mol. The van der Waals surface area contributed by atoms with E-state index in [1.165, 1.54) is 0 Å². The van der Waals surface area contributed by atoms with Gasteiger partial charge in [-0.1, -0.05) is 30.3 Å². The Morgan fingerprint density at radius 2 is 2.14 bits per heavy atom. The number of aromatic nitrogens is 2. The first-order valence-electron chi connectivity index (χ1n) is 9.35. The summed E-state index contributed by atoms with van der Waals surface area (Å²) in [5.74, 6) is 0.516. The Balaban J connectivity index is 1.45. The van der Waals surface area contributed by atoms with E-state index in [1.54, 1.807) is 18.0 Å². The number of hydrogen-bond donors (Lipinski definition) is 2. The van der Waals surface area contributed by atoms with Crippen molar-refractivity contribution >= 4 is 40.2 Å². The van der Waals surface area contributed by atoms with Crippen LogP contribution in [0.1, 0.15) is 24.0 Å². The highest BCUT2D eigenvalue weighted by molar-refractivity contribution is 8.00. The molecule has 1 aromatic heterocycles. The molecule has 28 heavy (non-hydrogen) atoms. The number of fused-ring (bicyclic) bond motifs is 2. The van der Waals surface area contributed by atoms with Gasteiger partial charge in [0.25, 0.3) is 0 Å². The molecule has 2 N–H and O–H groups in total. The third-order valence-electron chi connectivity index (χ3n) is 5.70. The summed E-state index contributed by atoms with van der Waals surface area (Å²) in [4.78, 5) is 27.3. The Morgan fingerprint density at radius 3 is 2.96 bits per heavy atom. The third-order valence-corrected chi connectivity index (χ3v) is 7.29. The maximum absolute atomic E-state index is 13.2. The van der Waals surface area contributed by atoms with E-state index in [9.17, 15) is 9.59 Å². The predicted molar refractivity (Wildman–Crippen MR) is 110 cm³/mol. The van der Waals surface area contributed by atoms with Crippen LogP contribution < -0.4 is 5.32 Å². The largest absolute Gasteiger partial charge is 0.324 e. The number of nitrogens with zero attached hydrogens (tertiary/aromatic N) is 2. The number of rotatable bonds is 3. The van der Waals surface area contributed by atoms with Gasteiger partial charge >= 0.3 is 0 Å². The van der Waals surface area contributed by atoms with Crippen molar-refractivity contribution in [1.29, 1.82) is 0 Å². The van der Waals surface area contributed by atoms with E-state index in [0.29, 0.717) is 12.2 Å². The highest BCUT2D eigenvalue weighted by atomic mass is 32.2. The molecule has 2 saturated heterocycles. The molecule has 0 aliphatic carbocycles. The van der Waals surface area contributed by atoms with Crippen LogP contribution in [0.3, 0.4) is 0 Å². The quantitative estimate of drug-likeness (QED) is 0.716. The molecule has 0 unspecified atom stereocenters. The minimum absolute atomic E-state index is 0.0519.